The highest BCUT2D eigenvalue weighted by atomic mass is 16.5. The molecule has 1 fully saturated rings. The van der Waals surface area contributed by atoms with Gasteiger partial charge >= 0.3 is 0 Å². The smallest absolute Gasteiger partial charge is 0.213 e. The quantitative estimate of drug-likeness (QED) is 0.860. The lowest BCUT2D eigenvalue weighted by molar-refractivity contribution is 0.293. The molecule has 1 aliphatic carbocycles. The maximum Gasteiger partial charge on any atom is 0.213 e. The fourth-order valence-electron chi connectivity index (χ4n) is 1.90. The van der Waals surface area contributed by atoms with Crippen LogP contribution in [-0.2, 0) is 13.2 Å². The number of benzene rings is 1. The van der Waals surface area contributed by atoms with Crippen molar-refractivity contribution in [3.05, 3.63) is 59.8 Å². The van der Waals surface area contributed by atoms with Crippen LogP contribution < -0.4 is 10.1 Å². The van der Waals surface area contributed by atoms with E-state index >= 15 is 0 Å². The van der Waals surface area contributed by atoms with E-state index in [-0.39, 0.29) is 0 Å². The van der Waals surface area contributed by atoms with Crippen LogP contribution in [0, 0.1) is 0 Å². The summed E-state index contributed by atoms with van der Waals surface area (Å²) in [6.45, 7) is 1.39. The molecule has 3 rings (SSSR count). The van der Waals surface area contributed by atoms with Crippen molar-refractivity contribution in [1.29, 1.82) is 0 Å². The average molecular weight is 254 g/mol. The predicted molar refractivity (Wildman–Crippen MR) is 74.9 cm³/mol. The molecule has 0 atom stereocenters. The van der Waals surface area contributed by atoms with Gasteiger partial charge in [0.1, 0.15) is 6.61 Å². The molecule has 98 valence electrons. The summed E-state index contributed by atoms with van der Waals surface area (Å²) in [7, 11) is 0. The van der Waals surface area contributed by atoms with Crippen LogP contribution in [0.5, 0.6) is 5.88 Å². The van der Waals surface area contributed by atoms with Gasteiger partial charge in [0.05, 0.1) is 5.69 Å². The van der Waals surface area contributed by atoms with Crippen LogP contribution in [0.15, 0.2) is 48.5 Å². The largest absolute Gasteiger partial charge is 0.473 e. The molecule has 0 aliphatic heterocycles. The van der Waals surface area contributed by atoms with E-state index in [1.807, 2.05) is 36.4 Å². The molecular formula is C16H18N2O. The van der Waals surface area contributed by atoms with Gasteiger partial charge in [-0.3, -0.25) is 0 Å². The van der Waals surface area contributed by atoms with E-state index in [0.717, 1.165) is 17.8 Å². The second-order valence-corrected chi connectivity index (χ2v) is 4.90. The zero-order chi connectivity index (χ0) is 12.9. The van der Waals surface area contributed by atoms with E-state index < -0.39 is 0 Å². The van der Waals surface area contributed by atoms with Crippen molar-refractivity contribution >= 4 is 0 Å². The summed E-state index contributed by atoms with van der Waals surface area (Å²) in [6, 6.07) is 16.8. The summed E-state index contributed by atoms with van der Waals surface area (Å²) in [5.74, 6) is 0.693. The summed E-state index contributed by atoms with van der Waals surface area (Å²) < 4.78 is 5.72. The van der Waals surface area contributed by atoms with Crippen LogP contribution in [0.25, 0.3) is 0 Å². The van der Waals surface area contributed by atoms with Crippen molar-refractivity contribution in [2.24, 2.45) is 0 Å². The van der Waals surface area contributed by atoms with Gasteiger partial charge in [-0.2, -0.15) is 0 Å². The van der Waals surface area contributed by atoms with Crippen molar-refractivity contribution in [3.63, 3.8) is 0 Å². The second kappa shape index (κ2) is 5.85. The third kappa shape index (κ3) is 3.80. The Labute approximate surface area is 113 Å². The number of pyridine rings is 1. The molecule has 1 N–H and O–H groups in total. The Morgan fingerprint density at radius 1 is 1.05 bits per heavy atom. The zero-order valence-electron chi connectivity index (χ0n) is 10.9. The topological polar surface area (TPSA) is 34.1 Å². The van der Waals surface area contributed by atoms with Gasteiger partial charge in [-0.05, 0) is 24.5 Å². The molecule has 19 heavy (non-hydrogen) atoms. The van der Waals surface area contributed by atoms with Crippen molar-refractivity contribution in [2.75, 3.05) is 0 Å². The Hall–Kier alpha value is -1.87. The van der Waals surface area contributed by atoms with Crippen LogP contribution in [0.1, 0.15) is 24.1 Å². The molecule has 1 aromatic carbocycles. The summed E-state index contributed by atoms with van der Waals surface area (Å²) >= 11 is 0. The minimum absolute atomic E-state index is 0.563. The zero-order valence-corrected chi connectivity index (χ0v) is 10.9. The SMILES string of the molecule is c1ccc(COc2cccc(CNC3CC3)n2)cc1. The first kappa shape index (κ1) is 12.2. The van der Waals surface area contributed by atoms with Crippen LogP contribution in [-0.4, -0.2) is 11.0 Å². The van der Waals surface area contributed by atoms with Crippen LogP contribution in [0.2, 0.25) is 0 Å². The molecule has 1 aromatic heterocycles. The molecule has 1 saturated carbocycles. The number of hydrogen-bond acceptors (Lipinski definition) is 3. The molecular weight excluding hydrogens is 236 g/mol. The molecule has 1 heterocycles. The predicted octanol–water partition coefficient (Wildman–Crippen LogP) is 2.91. The van der Waals surface area contributed by atoms with Crippen molar-refractivity contribution in [3.8, 4) is 5.88 Å². The third-order valence-corrected chi connectivity index (χ3v) is 3.16. The van der Waals surface area contributed by atoms with Crippen molar-refractivity contribution < 1.29 is 4.74 Å². The lowest BCUT2D eigenvalue weighted by atomic mass is 10.2. The molecule has 0 bridgehead atoms. The average Bonchev–Trinajstić information content (AvgIpc) is 3.29. The number of ether oxygens (including phenoxy) is 1. The Morgan fingerprint density at radius 2 is 1.89 bits per heavy atom. The molecule has 1 aliphatic rings. The normalized spacial score (nSPS) is 14.3. The van der Waals surface area contributed by atoms with Gasteiger partial charge in [-0.15, -0.1) is 0 Å². The van der Waals surface area contributed by atoms with E-state index in [2.05, 4.69) is 22.4 Å². The van der Waals surface area contributed by atoms with Crippen LogP contribution in [0.4, 0.5) is 0 Å². The highest BCUT2D eigenvalue weighted by molar-refractivity contribution is 5.18. The fraction of sp³-hybridized carbons (Fsp3) is 0.312. The standard InChI is InChI=1S/C16H18N2O/c1-2-5-13(6-3-1)12-19-16-8-4-7-15(18-16)11-17-14-9-10-14/h1-8,14,17H,9-12H2. The van der Waals surface area contributed by atoms with Gasteiger partial charge in [0, 0.05) is 18.7 Å². The van der Waals surface area contributed by atoms with Crippen LogP contribution in [0.3, 0.4) is 0 Å². The highest BCUT2D eigenvalue weighted by Crippen LogP contribution is 2.19. The Balaban J connectivity index is 1.56. The van der Waals surface area contributed by atoms with Crippen LogP contribution >= 0.6 is 0 Å². The van der Waals surface area contributed by atoms with Gasteiger partial charge in [0.25, 0.3) is 0 Å². The number of rotatable bonds is 6. The second-order valence-electron chi connectivity index (χ2n) is 4.90. The van der Waals surface area contributed by atoms with E-state index in [0.29, 0.717) is 18.5 Å². The first-order valence-corrected chi connectivity index (χ1v) is 6.76. The van der Waals surface area contributed by atoms with E-state index in [9.17, 15) is 0 Å². The molecule has 0 saturated heterocycles. The molecule has 2 aromatic rings. The Bertz CT molecular complexity index is 523. The number of nitrogens with zero attached hydrogens (tertiary/aromatic N) is 1. The van der Waals surface area contributed by atoms with Gasteiger partial charge in [0.2, 0.25) is 5.88 Å². The minimum Gasteiger partial charge on any atom is -0.473 e. The minimum atomic E-state index is 0.563. The summed E-state index contributed by atoms with van der Waals surface area (Å²) in [5, 5.41) is 3.46. The molecule has 3 heteroatoms. The summed E-state index contributed by atoms with van der Waals surface area (Å²) in [5.41, 5.74) is 2.20. The summed E-state index contributed by atoms with van der Waals surface area (Å²) in [4.78, 5) is 4.50. The molecule has 0 spiro atoms. The molecule has 0 amide bonds. The summed E-state index contributed by atoms with van der Waals surface area (Å²) in [6.07, 6.45) is 2.59. The van der Waals surface area contributed by atoms with Gasteiger partial charge in [0.15, 0.2) is 0 Å². The van der Waals surface area contributed by atoms with Gasteiger partial charge < -0.3 is 10.1 Å². The maximum atomic E-state index is 5.72. The van der Waals surface area contributed by atoms with Crippen molar-refractivity contribution in [2.45, 2.75) is 32.0 Å². The lowest BCUT2D eigenvalue weighted by Crippen LogP contribution is -2.16. The van der Waals surface area contributed by atoms with Gasteiger partial charge in [-0.25, -0.2) is 4.98 Å². The Kier molecular flexibility index (Phi) is 3.75. The number of aromatic nitrogens is 1. The number of nitrogens with one attached hydrogen (secondary N) is 1. The maximum absolute atomic E-state index is 5.72. The van der Waals surface area contributed by atoms with E-state index in [4.69, 9.17) is 4.74 Å². The molecule has 3 nitrogen and oxygen atoms in total. The van der Waals surface area contributed by atoms with E-state index in [1.165, 1.54) is 12.8 Å². The first-order chi connectivity index (χ1) is 9.40. The number of hydrogen-bond donors (Lipinski definition) is 1. The molecule has 0 unspecified atom stereocenters. The highest BCUT2D eigenvalue weighted by Gasteiger charge is 2.20. The lowest BCUT2D eigenvalue weighted by Gasteiger charge is -2.07. The van der Waals surface area contributed by atoms with E-state index in [1.54, 1.807) is 0 Å². The third-order valence-electron chi connectivity index (χ3n) is 3.16. The van der Waals surface area contributed by atoms with Gasteiger partial charge in [-0.1, -0.05) is 36.4 Å². The first-order valence-electron chi connectivity index (χ1n) is 6.76. The fourth-order valence-corrected chi connectivity index (χ4v) is 1.90. The van der Waals surface area contributed by atoms with Crippen molar-refractivity contribution in [1.82, 2.24) is 10.3 Å². The monoisotopic (exact) mass is 254 g/mol. The molecule has 0 radical (unpaired) electrons. The Morgan fingerprint density at radius 3 is 2.68 bits per heavy atom.